The van der Waals surface area contributed by atoms with Gasteiger partial charge in [-0.1, -0.05) is 72.8 Å². The van der Waals surface area contributed by atoms with Gasteiger partial charge in [0.25, 0.3) is 0 Å². The molecular weight excluding hydrogens is 388 g/mol. The van der Waals surface area contributed by atoms with Crippen LogP contribution >= 0.6 is 0 Å². The lowest BCUT2D eigenvalue weighted by Gasteiger charge is -2.18. The fraction of sp³-hybridized carbons (Fsp3) is 0. The maximum absolute atomic E-state index is 11.7. The summed E-state index contributed by atoms with van der Waals surface area (Å²) in [6.45, 7) is 0. The molecule has 31 heavy (non-hydrogen) atoms. The molecule has 1 aromatic heterocycles. The van der Waals surface area contributed by atoms with Crippen molar-refractivity contribution >= 4 is 22.5 Å². The molecule has 0 spiro atoms. The number of rotatable bonds is 4. The van der Waals surface area contributed by atoms with Crippen molar-refractivity contribution in [2.75, 3.05) is 5.32 Å². The van der Waals surface area contributed by atoms with E-state index in [2.05, 4.69) is 56.3 Å². The number of fused-ring (bicyclic) bond motifs is 1. The number of amides is 2. The molecule has 0 fully saturated rings. The topological polar surface area (TPSA) is 110 Å². The number of hydrogen-bond acceptors (Lipinski definition) is 4. The van der Waals surface area contributed by atoms with Crippen LogP contribution in [0.1, 0.15) is 0 Å². The first-order valence-corrected chi connectivity index (χ1v) is 9.72. The number of primary amides is 1. The lowest BCUT2D eigenvalue weighted by Crippen LogP contribution is -2.20. The van der Waals surface area contributed by atoms with Gasteiger partial charge in [0.05, 0.1) is 11.3 Å². The number of carbonyl (C=O) groups excluding carboxylic acids is 1. The zero-order chi connectivity index (χ0) is 21.2. The monoisotopic (exact) mass is 406 g/mol. The third-order valence-corrected chi connectivity index (χ3v) is 5.16. The normalized spacial score (nSPS) is 10.8. The minimum atomic E-state index is -0.665. The molecule has 0 atom stereocenters. The summed E-state index contributed by atoms with van der Waals surface area (Å²) < 4.78 is 0. The molecule has 4 N–H and O–H groups in total. The van der Waals surface area contributed by atoms with Crippen LogP contribution in [-0.2, 0) is 0 Å². The first kappa shape index (κ1) is 18.5. The van der Waals surface area contributed by atoms with Crippen LogP contribution in [0, 0.1) is 0 Å². The number of tetrazole rings is 1. The van der Waals surface area contributed by atoms with Crippen LogP contribution in [0.25, 0.3) is 44.4 Å². The van der Waals surface area contributed by atoms with Crippen molar-refractivity contribution in [1.82, 2.24) is 20.6 Å². The first-order valence-electron chi connectivity index (χ1n) is 9.72. The number of carbonyl (C=O) groups is 1. The minimum Gasteiger partial charge on any atom is -0.351 e. The Morgan fingerprint density at radius 2 is 1.58 bits per heavy atom. The Morgan fingerprint density at radius 1 is 0.806 bits per heavy atom. The van der Waals surface area contributed by atoms with Crippen molar-refractivity contribution in [2.45, 2.75) is 0 Å². The average molecular weight is 406 g/mol. The second-order valence-electron chi connectivity index (χ2n) is 7.06. The Hall–Kier alpha value is -4.52. The van der Waals surface area contributed by atoms with Gasteiger partial charge in [-0.2, -0.15) is 5.21 Å². The molecular formula is C24H18N6O. The van der Waals surface area contributed by atoms with Gasteiger partial charge in [-0.15, -0.1) is 10.2 Å². The Labute approximate surface area is 177 Å². The highest BCUT2D eigenvalue weighted by atomic mass is 16.2. The van der Waals surface area contributed by atoms with Crippen LogP contribution in [0.2, 0.25) is 0 Å². The summed E-state index contributed by atoms with van der Waals surface area (Å²) in [6.07, 6.45) is 0. The Kier molecular flexibility index (Phi) is 4.61. The molecule has 150 valence electrons. The molecule has 0 saturated heterocycles. The Bertz CT molecular complexity index is 1380. The number of nitrogens with one attached hydrogen (secondary N) is 2. The summed E-state index contributed by atoms with van der Waals surface area (Å²) in [7, 11) is 0. The van der Waals surface area contributed by atoms with E-state index in [1.165, 1.54) is 0 Å². The molecule has 0 bridgehead atoms. The van der Waals surface area contributed by atoms with E-state index < -0.39 is 6.03 Å². The zero-order valence-electron chi connectivity index (χ0n) is 16.4. The fourth-order valence-corrected chi connectivity index (χ4v) is 3.84. The van der Waals surface area contributed by atoms with Crippen LogP contribution in [0.3, 0.4) is 0 Å². The third kappa shape index (κ3) is 3.49. The van der Waals surface area contributed by atoms with E-state index in [4.69, 9.17) is 5.73 Å². The van der Waals surface area contributed by atoms with Crippen LogP contribution in [0.15, 0.2) is 84.9 Å². The maximum atomic E-state index is 11.7. The van der Waals surface area contributed by atoms with Crippen LogP contribution < -0.4 is 11.1 Å². The van der Waals surface area contributed by atoms with Gasteiger partial charge in [0.2, 0.25) is 5.82 Å². The zero-order valence-corrected chi connectivity index (χ0v) is 16.4. The van der Waals surface area contributed by atoms with Crippen molar-refractivity contribution in [3.05, 3.63) is 84.9 Å². The Balaban J connectivity index is 1.84. The minimum absolute atomic E-state index is 0.366. The molecule has 0 aliphatic rings. The number of anilines is 1. The van der Waals surface area contributed by atoms with Gasteiger partial charge in [-0.3, -0.25) is 0 Å². The number of nitrogens with zero attached hydrogens (tertiary/aromatic N) is 3. The van der Waals surface area contributed by atoms with Gasteiger partial charge in [0.15, 0.2) is 0 Å². The number of urea groups is 1. The van der Waals surface area contributed by atoms with Gasteiger partial charge in [0.1, 0.15) is 0 Å². The van der Waals surface area contributed by atoms with Crippen LogP contribution in [0.4, 0.5) is 10.5 Å². The van der Waals surface area contributed by atoms with Gasteiger partial charge >= 0.3 is 6.03 Å². The molecule has 2 amide bonds. The van der Waals surface area contributed by atoms with Gasteiger partial charge < -0.3 is 11.1 Å². The number of aromatic nitrogens is 4. The summed E-state index contributed by atoms with van der Waals surface area (Å²) in [5, 5.41) is 19.6. The molecule has 0 saturated carbocycles. The molecule has 7 heteroatoms. The highest BCUT2D eigenvalue weighted by Crippen LogP contribution is 2.43. The third-order valence-electron chi connectivity index (χ3n) is 5.16. The van der Waals surface area contributed by atoms with E-state index in [1.54, 1.807) is 0 Å². The second kappa shape index (κ2) is 7.72. The number of hydrogen-bond donors (Lipinski definition) is 3. The number of nitrogens with two attached hydrogens (primary N) is 1. The lowest BCUT2D eigenvalue weighted by molar-refractivity contribution is 0.259. The van der Waals surface area contributed by atoms with Crippen molar-refractivity contribution in [2.24, 2.45) is 5.73 Å². The van der Waals surface area contributed by atoms with Crippen LogP contribution in [0.5, 0.6) is 0 Å². The van der Waals surface area contributed by atoms with Gasteiger partial charge in [-0.05, 0) is 44.8 Å². The van der Waals surface area contributed by atoms with E-state index >= 15 is 0 Å². The molecule has 5 aromatic rings. The van der Waals surface area contributed by atoms with Crippen molar-refractivity contribution in [3.63, 3.8) is 0 Å². The smallest absolute Gasteiger partial charge is 0.316 e. The standard InChI is InChI=1S/C24H18N6O/c25-24(31)26-20-13-12-19(18-11-10-15-6-4-5-9-17(15)14-18)21(16-7-2-1-3-8-16)22(20)23-27-29-30-28-23/h1-14H,(H3,25,26,31)(H,27,28,29,30). The van der Waals surface area contributed by atoms with E-state index in [0.717, 1.165) is 33.0 Å². The van der Waals surface area contributed by atoms with Crippen LogP contribution in [-0.4, -0.2) is 26.7 Å². The van der Waals surface area contributed by atoms with E-state index in [-0.39, 0.29) is 0 Å². The highest BCUT2D eigenvalue weighted by molar-refractivity contribution is 6.03. The predicted molar refractivity (Wildman–Crippen MR) is 121 cm³/mol. The quantitative estimate of drug-likeness (QED) is 0.396. The number of aromatic amines is 1. The first-order chi connectivity index (χ1) is 15.2. The maximum Gasteiger partial charge on any atom is 0.316 e. The van der Waals surface area contributed by atoms with Gasteiger partial charge in [-0.25, -0.2) is 4.79 Å². The molecule has 5 rings (SSSR count). The number of benzene rings is 4. The number of H-pyrrole nitrogens is 1. The summed E-state index contributed by atoms with van der Waals surface area (Å²) in [5.74, 6) is 0.366. The van der Waals surface area contributed by atoms with E-state index in [1.807, 2.05) is 54.6 Å². The van der Waals surface area contributed by atoms with Crippen molar-refractivity contribution in [3.8, 4) is 33.6 Å². The fourth-order valence-electron chi connectivity index (χ4n) is 3.84. The average Bonchev–Trinajstić information content (AvgIpc) is 3.33. The SMILES string of the molecule is NC(=O)Nc1ccc(-c2ccc3ccccc3c2)c(-c2ccccc2)c1-c1nn[nH]n1. The molecule has 1 heterocycles. The predicted octanol–water partition coefficient (Wildman–Crippen LogP) is 4.84. The lowest BCUT2D eigenvalue weighted by atomic mass is 9.88. The summed E-state index contributed by atoms with van der Waals surface area (Å²) in [4.78, 5) is 11.7. The molecule has 0 aliphatic heterocycles. The van der Waals surface area contributed by atoms with Crippen molar-refractivity contribution < 1.29 is 4.79 Å². The molecule has 0 radical (unpaired) electrons. The summed E-state index contributed by atoms with van der Waals surface area (Å²) >= 11 is 0. The highest BCUT2D eigenvalue weighted by Gasteiger charge is 2.21. The second-order valence-corrected chi connectivity index (χ2v) is 7.06. The Morgan fingerprint density at radius 3 is 2.32 bits per heavy atom. The molecule has 7 nitrogen and oxygen atoms in total. The van der Waals surface area contributed by atoms with Crippen molar-refractivity contribution in [1.29, 1.82) is 0 Å². The molecule has 4 aromatic carbocycles. The van der Waals surface area contributed by atoms with E-state index in [9.17, 15) is 4.79 Å². The summed E-state index contributed by atoms with van der Waals surface area (Å²) in [6, 6.07) is 27.6. The summed E-state index contributed by atoms with van der Waals surface area (Å²) in [5.41, 5.74) is 10.4. The molecule has 0 unspecified atom stereocenters. The molecule has 0 aliphatic carbocycles. The van der Waals surface area contributed by atoms with E-state index in [0.29, 0.717) is 17.1 Å². The largest absolute Gasteiger partial charge is 0.351 e. The van der Waals surface area contributed by atoms with Gasteiger partial charge in [0, 0.05) is 5.56 Å².